The predicted molar refractivity (Wildman–Crippen MR) is 74.0 cm³/mol. The molecular formula is C15H10F2N2O3. The minimum atomic E-state index is -0.981. The molecule has 0 radical (unpaired) electrons. The van der Waals surface area contributed by atoms with Gasteiger partial charge in [-0.05, 0) is 35.9 Å². The van der Waals surface area contributed by atoms with Gasteiger partial charge in [-0.25, -0.2) is 14.2 Å². The van der Waals surface area contributed by atoms with Crippen molar-refractivity contribution in [2.75, 3.05) is 6.79 Å². The van der Waals surface area contributed by atoms with Crippen molar-refractivity contribution in [1.82, 2.24) is 5.43 Å². The Kier molecular flexibility index (Phi) is 3.69. The molecule has 0 aromatic heterocycles. The second-order valence-electron chi connectivity index (χ2n) is 4.44. The van der Waals surface area contributed by atoms with Crippen LogP contribution in [0.5, 0.6) is 11.5 Å². The Bertz CT molecular complexity index is 762. The summed E-state index contributed by atoms with van der Waals surface area (Å²) in [4.78, 5) is 11.9. The number of amides is 1. The van der Waals surface area contributed by atoms with Gasteiger partial charge in [-0.3, -0.25) is 4.79 Å². The summed E-state index contributed by atoms with van der Waals surface area (Å²) in [5.41, 5.74) is 2.95. The molecule has 0 atom stereocenters. The van der Waals surface area contributed by atoms with Crippen molar-refractivity contribution < 1.29 is 23.0 Å². The molecule has 112 valence electrons. The lowest BCUT2D eigenvalue weighted by Crippen LogP contribution is -2.17. The van der Waals surface area contributed by atoms with E-state index in [1.165, 1.54) is 18.3 Å². The largest absolute Gasteiger partial charge is 0.454 e. The van der Waals surface area contributed by atoms with Crippen molar-refractivity contribution in [3.8, 4) is 11.5 Å². The molecule has 2 aromatic rings. The average Bonchev–Trinajstić information content (AvgIpc) is 2.98. The molecule has 22 heavy (non-hydrogen) atoms. The average molecular weight is 304 g/mol. The predicted octanol–water partition coefficient (Wildman–Crippen LogP) is 2.46. The number of hydrazone groups is 1. The normalized spacial score (nSPS) is 12.6. The number of carbonyl (C=O) groups is 1. The number of benzene rings is 2. The summed E-state index contributed by atoms with van der Waals surface area (Å²) in [6.45, 7) is 0.120. The number of nitrogens with zero attached hydrogens (tertiary/aromatic N) is 1. The van der Waals surface area contributed by atoms with Gasteiger partial charge in [0.2, 0.25) is 6.79 Å². The molecule has 0 aliphatic carbocycles. The van der Waals surface area contributed by atoms with Gasteiger partial charge in [0.1, 0.15) is 0 Å². The second kappa shape index (κ2) is 5.80. The van der Waals surface area contributed by atoms with Crippen molar-refractivity contribution in [2.24, 2.45) is 5.10 Å². The summed E-state index contributed by atoms with van der Waals surface area (Å²) >= 11 is 0. The molecule has 0 saturated heterocycles. The summed E-state index contributed by atoms with van der Waals surface area (Å²) in [6, 6.07) is 8.02. The SMILES string of the molecule is O=C(N/N=C\c1ccc(F)c(F)c1)c1ccc2c(c1)OCO2. The molecule has 0 unspecified atom stereocenters. The highest BCUT2D eigenvalue weighted by atomic mass is 19.2. The van der Waals surface area contributed by atoms with E-state index in [-0.39, 0.29) is 6.79 Å². The number of nitrogens with one attached hydrogen (secondary N) is 1. The highest BCUT2D eigenvalue weighted by Crippen LogP contribution is 2.32. The van der Waals surface area contributed by atoms with E-state index in [2.05, 4.69) is 10.5 Å². The monoisotopic (exact) mass is 304 g/mol. The zero-order valence-corrected chi connectivity index (χ0v) is 11.2. The lowest BCUT2D eigenvalue weighted by Gasteiger charge is -2.01. The summed E-state index contributed by atoms with van der Waals surface area (Å²) < 4.78 is 36.1. The van der Waals surface area contributed by atoms with Gasteiger partial charge in [0, 0.05) is 5.56 Å². The molecule has 5 nitrogen and oxygen atoms in total. The number of hydrogen-bond donors (Lipinski definition) is 1. The molecule has 1 amide bonds. The van der Waals surface area contributed by atoms with Gasteiger partial charge >= 0.3 is 0 Å². The van der Waals surface area contributed by atoms with E-state index < -0.39 is 17.5 Å². The molecule has 0 fully saturated rings. The quantitative estimate of drug-likeness (QED) is 0.700. The molecule has 1 N–H and O–H groups in total. The van der Waals surface area contributed by atoms with E-state index in [1.807, 2.05) is 0 Å². The Morgan fingerprint density at radius 2 is 1.91 bits per heavy atom. The van der Waals surface area contributed by atoms with Crippen LogP contribution in [0.4, 0.5) is 8.78 Å². The fourth-order valence-electron chi connectivity index (χ4n) is 1.86. The molecule has 3 rings (SSSR count). The third-order valence-electron chi connectivity index (χ3n) is 2.96. The van der Waals surface area contributed by atoms with Crippen LogP contribution >= 0.6 is 0 Å². The first-order valence-corrected chi connectivity index (χ1v) is 6.31. The van der Waals surface area contributed by atoms with Crippen LogP contribution in [0.15, 0.2) is 41.5 Å². The Labute approximate surface area is 124 Å². The first-order valence-electron chi connectivity index (χ1n) is 6.31. The first-order chi connectivity index (χ1) is 10.6. The van der Waals surface area contributed by atoms with Gasteiger partial charge in [-0.1, -0.05) is 6.07 Å². The molecule has 2 aromatic carbocycles. The van der Waals surface area contributed by atoms with Crippen molar-refractivity contribution >= 4 is 12.1 Å². The van der Waals surface area contributed by atoms with E-state index in [9.17, 15) is 13.6 Å². The zero-order valence-electron chi connectivity index (χ0n) is 11.2. The third-order valence-corrected chi connectivity index (χ3v) is 2.96. The van der Waals surface area contributed by atoms with E-state index in [0.717, 1.165) is 12.1 Å². The lowest BCUT2D eigenvalue weighted by atomic mass is 10.2. The topological polar surface area (TPSA) is 59.9 Å². The summed E-state index contributed by atoms with van der Waals surface area (Å²) in [5, 5.41) is 3.70. The Hall–Kier alpha value is -2.96. The molecule has 7 heteroatoms. The Morgan fingerprint density at radius 1 is 1.09 bits per heavy atom. The number of carbonyl (C=O) groups excluding carboxylic acids is 1. The number of fused-ring (bicyclic) bond motifs is 1. The summed E-state index contributed by atoms with van der Waals surface area (Å²) in [6.07, 6.45) is 1.22. The van der Waals surface area contributed by atoms with Crippen molar-refractivity contribution in [3.63, 3.8) is 0 Å². The maximum Gasteiger partial charge on any atom is 0.271 e. The van der Waals surface area contributed by atoms with Crippen LogP contribution in [0, 0.1) is 11.6 Å². The third kappa shape index (κ3) is 2.88. The van der Waals surface area contributed by atoms with Crippen molar-refractivity contribution in [3.05, 3.63) is 59.2 Å². The van der Waals surface area contributed by atoms with Gasteiger partial charge in [-0.2, -0.15) is 5.10 Å². The molecule has 1 aliphatic rings. The maximum atomic E-state index is 13.0. The fraction of sp³-hybridized carbons (Fsp3) is 0.0667. The number of halogens is 2. The Balaban J connectivity index is 1.66. The van der Waals surface area contributed by atoms with Crippen LogP contribution in [-0.2, 0) is 0 Å². The molecule has 1 aliphatic heterocycles. The summed E-state index contributed by atoms with van der Waals surface area (Å²) in [7, 11) is 0. The van der Waals surface area contributed by atoms with E-state index >= 15 is 0 Å². The Morgan fingerprint density at radius 3 is 2.73 bits per heavy atom. The highest BCUT2D eigenvalue weighted by Gasteiger charge is 2.15. The zero-order chi connectivity index (χ0) is 15.5. The van der Waals surface area contributed by atoms with Gasteiger partial charge in [0.25, 0.3) is 5.91 Å². The van der Waals surface area contributed by atoms with Crippen LogP contribution in [0.25, 0.3) is 0 Å². The standard InChI is InChI=1S/C15H10F2N2O3/c16-11-3-1-9(5-12(11)17)7-18-19-15(20)10-2-4-13-14(6-10)22-8-21-13/h1-7H,8H2,(H,19,20)/b18-7-. The van der Waals surface area contributed by atoms with Gasteiger partial charge in [0.15, 0.2) is 23.1 Å². The summed E-state index contributed by atoms with van der Waals surface area (Å²) in [5.74, 6) is -1.33. The highest BCUT2D eigenvalue weighted by molar-refractivity contribution is 5.95. The molecule has 1 heterocycles. The molecule has 0 bridgehead atoms. The smallest absolute Gasteiger partial charge is 0.271 e. The van der Waals surface area contributed by atoms with Gasteiger partial charge in [0.05, 0.1) is 6.21 Å². The molecule has 0 saturated carbocycles. The molecule has 0 spiro atoms. The van der Waals surface area contributed by atoms with E-state index in [0.29, 0.717) is 22.6 Å². The van der Waals surface area contributed by atoms with Crippen LogP contribution in [0.1, 0.15) is 15.9 Å². The minimum absolute atomic E-state index is 0.120. The fourth-order valence-corrected chi connectivity index (χ4v) is 1.86. The lowest BCUT2D eigenvalue weighted by molar-refractivity contribution is 0.0954. The maximum absolute atomic E-state index is 13.0. The van der Waals surface area contributed by atoms with Gasteiger partial charge < -0.3 is 9.47 Å². The van der Waals surface area contributed by atoms with Crippen LogP contribution < -0.4 is 14.9 Å². The van der Waals surface area contributed by atoms with E-state index in [1.54, 1.807) is 12.1 Å². The number of ether oxygens (including phenoxy) is 2. The van der Waals surface area contributed by atoms with E-state index in [4.69, 9.17) is 9.47 Å². The molecular weight excluding hydrogens is 294 g/mol. The van der Waals surface area contributed by atoms with Crippen LogP contribution in [-0.4, -0.2) is 18.9 Å². The van der Waals surface area contributed by atoms with Crippen LogP contribution in [0.2, 0.25) is 0 Å². The number of rotatable bonds is 3. The van der Waals surface area contributed by atoms with Crippen molar-refractivity contribution in [2.45, 2.75) is 0 Å². The number of hydrogen-bond acceptors (Lipinski definition) is 4. The minimum Gasteiger partial charge on any atom is -0.454 e. The van der Waals surface area contributed by atoms with Crippen LogP contribution in [0.3, 0.4) is 0 Å². The van der Waals surface area contributed by atoms with Gasteiger partial charge in [-0.15, -0.1) is 0 Å². The second-order valence-corrected chi connectivity index (χ2v) is 4.44. The van der Waals surface area contributed by atoms with Crippen molar-refractivity contribution in [1.29, 1.82) is 0 Å². The first kappa shape index (κ1) is 14.0.